The number of rotatable bonds is 5. The van der Waals surface area contributed by atoms with Gasteiger partial charge in [-0.3, -0.25) is 0 Å². The quantitative estimate of drug-likeness (QED) is 0.148. The third-order valence-corrected chi connectivity index (χ3v) is 7.23. The molecule has 0 spiro atoms. The minimum atomic E-state index is -0.577. The van der Waals surface area contributed by atoms with E-state index in [0.717, 1.165) is 39.1 Å². The van der Waals surface area contributed by atoms with E-state index in [4.69, 9.17) is 13.9 Å². The minimum Gasteiger partial charge on any atom is -0.507 e. The second-order valence-electron chi connectivity index (χ2n) is 10.6. The molecule has 0 bridgehead atoms. The van der Waals surface area contributed by atoms with Gasteiger partial charge in [0.25, 0.3) is 0 Å². The smallest absolute Gasteiger partial charge is 0.336 e. The summed E-state index contributed by atoms with van der Waals surface area (Å²) in [6.45, 7) is 6.47. The summed E-state index contributed by atoms with van der Waals surface area (Å²) >= 11 is 0. The molecule has 1 aliphatic rings. The molecule has 1 aromatic heterocycles. The van der Waals surface area contributed by atoms with Gasteiger partial charge in [0.15, 0.2) is 11.3 Å². The molecule has 0 fully saturated rings. The number of hydrogen-bond acceptors (Lipinski definition) is 8. The summed E-state index contributed by atoms with van der Waals surface area (Å²) in [4.78, 5) is 13.6. The van der Waals surface area contributed by atoms with Gasteiger partial charge in [0.1, 0.15) is 23.0 Å². The molecule has 4 aromatic carbocycles. The lowest BCUT2D eigenvalue weighted by Crippen LogP contribution is -2.13. The number of benzene rings is 4. The van der Waals surface area contributed by atoms with E-state index in [-0.39, 0.29) is 17.1 Å². The fourth-order valence-corrected chi connectivity index (χ4v) is 5.12. The fourth-order valence-electron chi connectivity index (χ4n) is 5.12. The van der Waals surface area contributed by atoms with Crippen molar-refractivity contribution in [3.8, 4) is 39.9 Å². The maximum absolute atomic E-state index is 11.6. The van der Waals surface area contributed by atoms with Crippen LogP contribution >= 0.6 is 0 Å². The molecule has 224 valence electrons. The van der Waals surface area contributed by atoms with Crippen LogP contribution in [0.25, 0.3) is 27.7 Å². The van der Waals surface area contributed by atoms with Crippen LogP contribution < -0.4 is 15.1 Å². The molecule has 8 heteroatoms. The second kappa shape index (κ2) is 12.4. The van der Waals surface area contributed by atoms with E-state index in [0.29, 0.717) is 29.0 Å². The van der Waals surface area contributed by atoms with E-state index in [1.807, 2.05) is 92.7 Å². The van der Waals surface area contributed by atoms with E-state index >= 15 is 0 Å². The highest BCUT2D eigenvalue weighted by molar-refractivity contribution is 5.97. The van der Waals surface area contributed by atoms with Crippen LogP contribution in [0.5, 0.6) is 28.7 Å². The van der Waals surface area contributed by atoms with Gasteiger partial charge in [-0.05, 0) is 79.7 Å². The molecule has 0 saturated heterocycles. The van der Waals surface area contributed by atoms with Gasteiger partial charge >= 0.3 is 5.63 Å². The first kappa shape index (κ1) is 30.0. The molecule has 0 atom stereocenters. The zero-order valence-electron chi connectivity index (χ0n) is 24.9. The lowest BCUT2D eigenvalue weighted by Gasteiger charge is -2.24. The lowest BCUT2D eigenvalue weighted by molar-refractivity contribution is 0.380. The van der Waals surface area contributed by atoms with Crippen LogP contribution in [0.3, 0.4) is 0 Å². The normalized spacial score (nSPS) is 12.2. The first-order valence-corrected chi connectivity index (χ1v) is 13.8. The first-order valence-electron chi connectivity index (χ1n) is 13.8. The average molecular weight is 592 g/mol. The Morgan fingerprint density at radius 2 is 1.57 bits per heavy atom. The lowest BCUT2D eigenvalue weighted by atomic mass is 9.91. The van der Waals surface area contributed by atoms with Gasteiger partial charge in [0.2, 0.25) is 5.75 Å². The molecular weight excluding hydrogens is 558 g/mol. The molecule has 2 heterocycles. The summed E-state index contributed by atoms with van der Waals surface area (Å²) in [5, 5.41) is 30.3. The van der Waals surface area contributed by atoms with Crippen LogP contribution in [-0.2, 0) is 6.54 Å². The summed E-state index contributed by atoms with van der Waals surface area (Å²) in [6, 6.07) is 23.5. The van der Waals surface area contributed by atoms with Crippen LogP contribution in [0.1, 0.15) is 22.3 Å². The number of nitrogens with zero attached hydrogens (tertiary/aromatic N) is 1. The van der Waals surface area contributed by atoms with Crippen molar-refractivity contribution in [2.45, 2.75) is 13.5 Å². The summed E-state index contributed by atoms with van der Waals surface area (Å²) in [6.07, 6.45) is 1.93. The van der Waals surface area contributed by atoms with Crippen LogP contribution in [0.15, 0.2) is 106 Å². The number of phenols is 3. The number of allylic oxidation sites excluding steroid dienone is 1. The molecular formula is C36H33NO7. The number of ether oxygens (including phenoxy) is 2. The topological polar surface area (TPSA) is 113 Å². The third kappa shape index (κ3) is 6.02. The van der Waals surface area contributed by atoms with Crippen LogP contribution in [0, 0.1) is 6.92 Å². The zero-order valence-corrected chi connectivity index (χ0v) is 24.9. The highest BCUT2D eigenvalue weighted by atomic mass is 16.5. The van der Waals surface area contributed by atoms with E-state index in [1.165, 1.54) is 12.1 Å². The Morgan fingerprint density at radius 3 is 2.23 bits per heavy atom. The van der Waals surface area contributed by atoms with Crippen molar-refractivity contribution < 1.29 is 29.2 Å². The third-order valence-electron chi connectivity index (χ3n) is 7.23. The summed E-state index contributed by atoms with van der Waals surface area (Å²) < 4.78 is 16.0. The summed E-state index contributed by atoms with van der Waals surface area (Å²) in [5.74, 6) is 1.56. The summed E-state index contributed by atoms with van der Waals surface area (Å²) in [7, 11) is 5.61. The van der Waals surface area contributed by atoms with Crippen molar-refractivity contribution >= 4 is 16.5 Å². The van der Waals surface area contributed by atoms with Crippen molar-refractivity contribution in [2.75, 3.05) is 21.2 Å². The summed E-state index contributed by atoms with van der Waals surface area (Å²) in [5.41, 5.74) is 5.55. The first-order chi connectivity index (χ1) is 21.1. The van der Waals surface area contributed by atoms with Crippen LogP contribution in [0.4, 0.5) is 0 Å². The second-order valence-corrected chi connectivity index (χ2v) is 10.6. The van der Waals surface area contributed by atoms with Gasteiger partial charge < -0.3 is 34.1 Å². The van der Waals surface area contributed by atoms with Crippen molar-refractivity contribution in [3.63, 3.8) is 0 Å². The molecule has 6 rings (SSSR count). The standard InChI is InChI=1S/C21H23NO3.C15H10O4/c1-13-10-18(15-6-8-17(24-5)9-7-15)19-11-16(12-22(3)4)20(23)14(2)21(19)25-13;16-12-7-6-10-11(9-4-2-1-3-5-9)8-13(17)19-15(10)14(12)18/h6-11,23H,1,12H2,2-5H3;1-8,16,18H. The van der Waals surface area contributed by atoms with Crippen molar-refractivity contribution in [3.05, 3.63) is 130 Å². The van der Waals surface area contributed by atoms with Gasteiger partial charge in [0, 0.05) is 34.7 Å². The SMILES string of the molecule is C=C1C=C(c2ccc(OC)cc2)c2cc(CN(C)C)c(O)c(C)c2O1.O=c1cc(-c2ccccc2)c2ccc(O)c(O)c2o1. The van der Waals surface area contributed by atoms with Crippen molar-refractivity contribution in [1.29, 1.82) is 0 Å². The predicted molar refractivity (Wildman–Crippen MR) is 171 cm³/mol. The maximum atomic E-state index is 11.6. The molecule has 0 radical (unpaired) electrons. The Morgan fingerprint density at radius 1 is 0.864 bits per heavy atom. The Balaban J connectivity index is 0.000000181. The Bertz CT molecular complexity index is 1940. The molecule has 1 aliphatic heterocycles. The molecule has 44 heavy (non-hydrogen) atoms. The van der Waals surface area contributed by atoms with E-state index in [1.54, 1.807) is 13.2 Å². The monoisotopic (exact) mass is 591 g/mol. The number of fused-ring (bicyclic) bond motifs is 2. The van der Waals surface area contributed by atoms with Gasteiger partial charge in [0.05, 0.1) is 7.11 Å². The van der Waals surface area contributed by atoms with Crippen molar-refractivity contribution in [1.82, 2.24) is 4.90 Å². The maximum Gasteiger partial charge on any atom is 0.336 e. The predicted octanol–water partition coefficient (Wildman–Crippen LogP) is 6.98. The van der Waals surface area contributed by atoms with E-state index < -0.39 is 11.4 Å². The van der Waals surface area contributed by atoms with Crippen LogP contribution in [-0.4, -0.2) is 41.4 Å². The highest BCUT2D eigenvalue weighted by Crippen LogP contribution is 2.44. The fraction of sp³-hybridized carbons (Fsp3) is 0.139. The average Bonchev–Trinajstić information content (AvgIpc) is 3.02. The molecule has 0 saturated carbocycles. The molecule has 5 aromatic rings. The Hall–Kier alpha value is -5.47. The number of aromatic hydroxyl groups is 3. The molecule has 8 nitrogen and oxygen atoms in total. The van der Waals surface area contributed by atoms with Gasteiger partial charge in [-0.25, -0.2) is 4.79 Å². The number of phenolic OH excluding ortho intramolecular Hbond substituents is 3. The molecule has 0 unspecified atom stereocenters. The van der Waals surface area contributed by atoms with Gasteiger partial charge in [-0.2, -0.15) is 0 Å². The van der Waals surface area contributed by atoms with Crippen molar-refractivity contribution in [2.24, 2.45) is 0 Å². The Kier molecular flexibility index (Phi) is 8.46. The van der Waals surface area contributed by atoms with Gasteiger partial charge in [-0.1, -0.05) is 49.0 Å². The van der Waals surface area contributed by atoms with Gasteiger partial charge in [-0.15, -0.1) is 0 Å². The van der Waals surface area contributed by atoms with Crippen LogP contribution in [0.2, 0.25) is 0 Å². The van der Waals surface area contributed by atoms with E-state index in [9.17, 15) is 20.1 Å². The van der Waals surface area contributed by atoms with E-state index in [2.05, 4.69) is 6.58 Å². The molecule has 0 amide bonds. The largest absolute Gasteiger partial charge is 0.507 e. The zero-order chi connectivity index (χ0) is 31.5. The Labute approximate surface area is 255 Å². The highest BCUT2D eigenvalue weighted by Gasteiger charge is 2.24. The number of methoxy groups -OCH3 is 1. The molecule has 3 N–H and O–H groups in total. The molecule has 0 aliphatic carbocycles. The number of hydrogen-bond donors (Lipinski definition) is 3. The minimum absolute atomic E-state index is 0.00801.